The highest BCUT2D eigenvalue weighted by molar-refractivity contribution is 7.89. The van der Waals surface area contributed by atoms with Crippen molar-refractivity contribution >= 4 is 15.7 Å². The number of nitrogens with two attached hydrogens (primary N) is 2. The van der Waals surface area contributed by atoms with E-state index < -0.39 is 10.0 Å². The van der Waals surface area contributed by atoms with Crippen molar-refractivity contribution in [1.29, 1.82) is 0 Å². The fraction of sp³-hybridized carbons (Fsp3) is 0.538. The van der Waals surface area contributed by atoms with Crippen LogP contribution in [0.4, 0.5) is 5.69 Å². The maximum atomic E-state index is 11.4. The zero-order valence-electron chi connectivity index (χ0n) is 11.2. The third-order valence-corrected chi connectivity index (χ3v) is 4.63. The monoisotopic (exact) mass is 283 g/mol. The summed E-state index contributed by atoms with van der Waals surface area (Å²) < 4.78 is 22.7. The number of hydrogen-bond donors (Lipinski definition) is 2. The second-order valence-electron chi connectivity index (χ2n) is 5.21. The lowest BCUT2D eigenvalue weighted by atomic mass is 9.98. The molecule has 4 N–H and O–H groups in total. The smallest absolute Gasteiger partial charge is 0.238 e. The molecule has 0 bridgehead atoms. The molecule has 1 aromatic carbocycles. The minimum Gasteiger partial charge on any atom is -0.371 e. The first-order chi connectivity index (χ1) is 8.91. The van der Waals surface area contributed by atoms with Crippen LogP contribution < -0.4 is 15.8 Å². The lowest BCUT2D eigenvalue weighted by molar-refractivity contribution is 0.438. The van der Waals surface area contributed by atoms with Crippen LogP contribution in [0.15, 0.2) is 23.1 Å². The first kappa shape index (κ1) is 14.3. The van der Waals surface area contributed by atoms with Crippen molar-refractivity contribution in [2.24, 2.45) is 16.8 Å². The molecule has 0 amide bonds. The van der Waals surface area contributed by atoms with Gasteiger partial charge in [0.1, 0.15) is 0 Å². The Kier molecular flexibility index (Phi) is 4.13. The van der Waals surface area contributed by atoms with E-state index in [2.05, 4.69) is 11.8 Å². The van der Waals surface area contributed by atoms with Gasteiger partial charge < -0.3 is 10.6 Å². The van der Waals surface area contributed by atoms with Crippen molar-refractivity contribution in [1.82, 2.24) is 0 Å². The number of primary sulfonamides is 1. The molecule has 0 aliphatic carbocycles. The molecule has 1 aliphatic rings. The first-order valence-electron chi connectivity index (χ1n) is 6.52. The van der Waals surface area contributed by atoms with Gasteiger partial charge in [-0.15, -0.1) is 0 Å². The molecule has 1 aromatic rings. The van der Waals surface area contributed by atoms with E-state index in [0.717, 1.165) is 43.1 Å². The average molecular weight is 283 g/mol. The van der Waals surface area contributed by atoms with Crippen LogP contribution in [0.2, 0.25) is 0 Å². The van der Waals surface area contributed by atoms with Crippen LogP contribution in [0.25, 0.3) is 0 Å². The summed E-state index contributed by atoms with van der Waals surface area (Å²) in [6.45, 7) is 4.54. The van der Waals surface area contributed by atoms with E-state index in [1.165, 1.54) is 0 Å². The van der Waals surface area contributed by atoms with Crippen LogP contribution >= 0.6 is 0 Å². The van der Waals surface area contributed by atoms with Crippen molar-refractivity contribution in [2.45, 2.75) is 31.2 Å². The molecule has 0 radical (unpaired) electrons. The number of anilines is 1. The zero-order valence-corrected chi connectivity index (χ0v) is 12.0. The molecule has 0 spiro atoms. The number of piperidine rings is 1. The molecule has 2 rings (SSSR count). The molecule has 19 heavy (non-hydrogen) atoms. The molecule has 0 saturated carbocycles. The second-order valence-corrected chi connectivity index (χ2v) is 6.77. The lowest BCUT2D eigenvalue weighted by Gasteiger charge is -2.33. The van der Waals surface area contributed by atoms with Crippen LogP contribution in [0.5, 0.6) is 0 Å². The van der Waals surface area contributed by atoms with E-state index >= 15 is 0 Å². The van der Waals surface area contributed by atoms with Gasteiger partial charge in [-0.1, -0.05) is 6.92 Å². The van der Waals surface area contributed by atoms with E-state index in [1.807, 2.05) is 6.07 Å². The summed E-state index contributed by atoms with van der Waals surface area (Å²) in [6.07, 6.45) is 2.31. The van der Waals surface area contributed by atoms with Gasteiger partial charge in [-0.05, 0) is 42.5 Å². The van der Waals surface area contributed by atoms with E-state index in [0.29, 0.717) is 6.54 Å². The van der Waals surface area contributed by atoms with Gasteiger partial charge in [0.15, 0.2) is 0 Å². The molecule has 5 nitrogen and oxygen atoms in total. The Hall–Kier alpha value is -1.11. The predicted molar refractivity (Wildman–Crippen MR) is 76.3 cm³/mol. The molecular formula is C13H21N3O2S. The quantitative estimate of drug-likeness (QED) is 0.867. The van der Waals surface area contributed by atoms with Crippen molar-refractivity contribution < 1.29 is 8.42 Å². The molecular weight excluding hydrogens is 262 g/mol. The molecule has 1 saturated heterocycles. The Labute approximate surface area is 114 Å². The second kappa shape index (κ2) is 5.48. The van der Waals surface area contributed by atoms with Gasteiger partial charge in [-0.25, -0.2) is 13.6 Å². The van der Waals surface area contributed by atoms with Gasteiger partial charge in [-0.3, -0.25) is 0 Å². The third-order valence-electron chi connectivity index (χ3n) is 3.72. The van der Waals surface area contributed by atoms with Gasteiger partial charge in [0, 0.05) is 25.3 Å². The summed E-state index contributed by atoms with van der Waals surface area (Å²) in [6, 6.07) is 4.96. The van der Waals surface area contributed by atoms with Crippen LogP contribution in [0.1, 0.15) is 25.3 Å². The molecule has 1 aliphatic heterocycles. The summed E-state index contributed by atoms with van der Waals surface area (Å²) in [4.78, 5) is 2.40. The van der Waals surface area contributed by atoms with E-state index in [1.54, 1.807) is 12.1 Å². The van der Waals surface area contributed by atoms with Crippen molar-refractivity contribution in [3.8, 4) is 0 Å². The summed E-state index contributed by atoms with van der Waals surface area (Å²) in [7, 11) is -3.67. The Morgan fingerprint density at radius 2 is 1.95 bits per heavy atom. The molecule has 6 heteroatoms. The highest BCUT2D eigenvalue weighted by atomic mass is 32.2. The molecule has 0 atom stereocenters. The Morgan fingerprint density at radius 3 is 2.47 bits per heavy atom. The van der Waals surface area contributed by atoms with E-state index in [4.69, 9.17) is 10.9 Å². The number of sulfonamides is 1. The fourth-order valence-electron chi connectivity index (χ4n) is 2.46. The minimum atomic E-state index is -3.67. The number of hydrogen-bond acceptors (Lipinski definition) is 4. The molecule has 106 valence electrons. The molecule has 0 aromatic heterocycles. The number of rotatable bonds is 3. The molecule has 1 fully saturated rings. The number of nitrogens with zero attached hydrogens (tertiary/aromatic N) is 1. The van der Waals surface area contributed by atoms with Gasteiger partial charge in [0.2, 0.25) is 10.0 Å². The highest BCUT2D eigenvalue weighted by Gasteiger charge is 2.19. The summed E-state index contributed by atoms with van der Waals surface area (Å²) in [5, 5.41) is 5.14. The van der Waals surface area contributed by atoms with Gasteiger partial charge in [-0.2, -0.15) is 0 Å². The van der Waals surface area contributed by atoms with Crippen LogP contribution in [0.3, 0.4) is 0 Å². The van der Waals surface area contributed by atoms with Crippen molar-refractivity contribution in [3.05, 3.63) is 23.8 Å². The average Bonchev–Trinajstić information content (AvgIpc) is 2.38. The standard InChI is InChI=1S/C13H21N3O2S/c1-10-4-6-16(7-5-10)13-3-2-12(19(15,17)18)8-11(13)9-14/h2-3,8,10H,4-7,9,14H2,1H3,(H2,15,17,18). The first-order valence-corrected chi connectivity index (χ1v) is 8.07. The van der Waals surface area contributed by atoms with Crippen molar-refractivity contribution in [2.75, 3.05) is 18.0 Å². The van der Waals surface area contributed by atoms with Crippen LogP contribution in [-0.4, -0.2) is 21.5 Å². The van der Waals surface area contributed by atoms with Crippen LogP contribution in [-0.2, 0) is 16.6 Å². The maximum Gasteiger partial charge on any atom is 0.238 e. The Bertz CT molecular complexity index is 549. The summed E-state index contributed by atoms with van der Waals surface area (Å²) in [5.41, 5.74) is 7.60. The Morgan fingerprint density at radius 1 is 1.32 bits per heavy atom. The largest absolute Gasteiger partial charge is 0.371 e. The minimum absolute atomic E-state index is 0.127. The highest BCUT2D eigenvalue weighted by Crippen LogP contribution is 2.27. The topological polar surface area (TPSA) is 89.4 Å². The van der Waals surface area contributed by atoms with Crippen LogP contribution in [0, 0.1) is 5.92 Å². The van der Waals surface area contributed by atoms with Crippen molar-refractivity contribution in [3.63, 3.8) is 0 Å². The SMILES string of the molecule is CC1CCN(c2ccc(S(N)(=O)=O)cc2CN)CC1. The predicted octanol–water partition coefficient (Wildman–Crippen LogP) is 1.03. The summed E-state index contributed by atoms with van der Waals surface area (Å²) in [5.74, 6) is 0.751. The van der Waals surface area contributed by atoms with E-state index in [-0.39, 0.29) is 4.90 Å². The lowest BCUT2D eigenvalue weighted by Crippen LogP contribution is -2.33. The van der Waals surface area contributed by atoms with Gasteiger partial charge in [0.05, 0.1) is 4.90 Å². The normalized spacial score (nSPS) is 17.7. The fourth-order valence-corrected chi connectivity index (χ4v) is 3.02. The molecule has 1 heterocycles. The van der Waals surface area contributed by atoms with E-state index in [9.17, 15) is 8.42 Å². The van der Waals surface area contributed by atoms with Gasteiger partial charge >= 0.3 is 0 Å². The molecule has 0 unspecified atom stereocenters. The maximum absolute atomic E-state index is 11.4. The zero-order chi connectivity index (χ0) is 14.0. The third kappa shape index (κ3) is 3.26. The number of benzene rings is 1. The summed E-state index contributed by atoms with van der Waals surface area (Å²) >= 11 is 0. The van der Waals surface area contributed by atoms with Gasteiger partial charge in [0.25, 0.3) is 0 Å². The Balaban J connectivity index is 2.31.